The number of nitrogens with zero attached hydrogens (tertiary/aromatic N) is 6. The molecule has 0 fully saturated rings. The summed E-state index contributed by atoms with van der Waals surface area (Å²) in [4.78, 5) is 37.1. The minimum Gasteiger partial charge on any atom is -0.850 e. The van der Waals surface area contributed by atoms with E-state index in [-0.39, 0.29) is 0 Å². The van der Waals surface area contributed by atoms with Crippen molar-refractivity contribution >= 4 is 44.1 Å². The Morgan fingerprint density at radius 1 is 0.435 bits per heavy atom. The Morgan fingerprint density at radius 3 is 0.957 bits per heavy atom. The van der Waals surface area contributed by atoms with Crippen molar-refractivity contribution in [2.75, 3.05) is 13.1 Å². The Labute approximate surface area is 264 Å². The van der Waals surface area contributed by atoms with Crippen LogP contribution >= 0.6 is 0 Å². The van der Waals surface area contributed by atoms with E-state index in [0.29, 0.717) is 39.3 Å². The summed E-state index contributed by atoms with van der Waals surface area (Å²) in [6.45, 7) is 2.53. The zero-order valence-electron chi connectivity index (χ0n) is 25.1. The van der Waals surface area contributed by atoms with E-state index in [4.69, 9.17) is 19.9 Å². The van der Waals surface area contributed by atoms with Gasteiger partial charge < -0.3 is 25.0 Å². The maximum Gasteiger partial charge on any atom is 0.121 e. The Bertz CT molecular complexity index is 1800. The van der Waals surface area contributed by atoms with Gasteiger partial charge in [0.2, 0.25) is 0 Å². The number of nitrogens with one attached hydrogen (secondary N) is 4. The van der Waals surface area contributed by atoms with E-state index in [1.807, 2.05) is 97.1 Å². The maximum atomic E-state index is 14.0. The molecule has 4 aromatic heterocycles. The summed E-state index contributed by atoms with van der Waals surface area (Å²) < 4.78 is 0. The lowest BCUT2D eigenvalue weighted by Crippen LogP contribution is -2.47. The van der Waals surface area contributed by atoms with E-state index in [1.54, 1.807) is 0 Å². The number of aromatic amines is 4. The summed E-state index contributed by atoms with van der Waals surface area (Å²) in [5, 5.41) is 14.0. The average molecular weight is 610 g/mol. The molecule has 8 rings (SSSR count). The topological polar surface area (TPSA) is 144 Å². The number of benzene rings is 4. The van der Waals surface area contributed by atoms with E-state index < -0.39 is 6.10 Å². The number of fused-ring (bicyclic) bond motifs is 4. The highest BCUT2D eigenvalue weighted by Gasteiger charge is 2.18. The molecule has 0 unspecified atom stereocenters. The predicted molar refractivity (Wildman–Crippen MR) is 176 cm³/mol. The minimum atomic E-state index is -0.928. The molecule has 46 heavy (non-hydrogen) atoms. The smallest absolute Gasteiger partial charge is 0.121 e. The molecule has 0 bridgehead atoms. The van der Waals surface area contributed by atoms with Crippen molar-refractivity contribution < 1.29 is 5.11 Å². The monoisotopic (exact) mass is 609 g/mol. The second-order valence-corrected chi connectivity index (χ2v) is 11.8. The summed E-state index contributed by atoms with van der Waals surface area (Å²) in [5.74, 6) is 3.24. The third-order valence-electron chi connectivity index (χ3n) is 8.17. The summed E-state index contributed by atoms with van der Waals surface area (Å²) in [7, 11) is 0. The van der Waals surface area contributed by atoms with Crippen LogP contribution in [0.3, 0.4) is 0 Å². The molecule has 11 nitrogen and oxygen atoms in total. The van der Waals surface area contributed by atoms with Crippen LogP contribution < -0.4 is 5.11 Å². The number of hydrogen-bond donors (Lipinski definition) is 4. The molecule has 4 N–H and O–H groups in total. The zero-order chi connectivity index (χ0) is 30.9. The van der Waals surface area contributed by atoms with Crippen LogP contribution in [0.15, 0.2) is 97.1 Å². The average Bonchev–Trinajstić information content (AvgIpc) is 3.83. The van der Waals surface area contributed by atoms with Gasteiger partial charge in [-0.25, -0.2) is 19.9 Å². The fraction of sp³-hybridized carbons (Fsp3) is 0.200. The molecule has 0 spiro atoms. The predicted octanol–water partition coefficient (Wildman–Crippen LogP) is 4.63. The van der Waals surface area contributed by atoms with Gasteiger partial charge in [0.25, 0.3) is 0 Å². The van der Waals surface area contributed by atoms with Crippen LogP contribution in [0.4, 0.5) is 0 Å². The number of hydrogen-bond acceptors (Lipinski definition) is 7. The van der Waals surface area contributed by atoms with Gasteiger partial charge in [-0.15, -0.1) is 6.10 Å². The van der Waals surface area contributed by atoms with Crippen molar-refractivity contribution in [1.29, 1.82) is 0 Å². The van der Waals surface area contributed by atoms with Crippen LogP contribution in [0.1, 0.15) is 23.3 Å². The number of rotatable bonds is 12. The molecule has 0 amide bonds. The molecule has 8 aromatic rings. The van der Waals surface area contributed by atoms with Crippen molar-refractivity contribution in [3.05, 3.63) is 120 Å². The number of H-pyrrole nitrogens is 4. The SMILES string of the molecule is [O-]C(CN(Cc1nc2ccccc2[nH]1)Cc1nc2ccccc2[nH]1)CN(Cc1nc2ccccc2[nH]1)Cc1nc2ccccc2[nH]1. The van der Waals surface area contributed by atoms with Crippen LogP contribution in [-0.2, 0) is 26.2 Å². The van der Waals surface area contributed by atoms with Crippen LogP contribution in [0.25, 0.3) is 44.1 Å². The highest BCUT2D eigenvalue weighted by molar-refractivity contribution is 5.76. The van der Waals surface area contributed by atoms with Gasteiger partial charge in [-0.1, -0.05) is 48.5 Å². The maximum absolute atomic E-state index is 14.0. The van der Waals surface area contributed by atoms with Crippen LogP contribution in [0.2, 0.25) is 0 Å². The van der Waals surface area contributed by atoms with E-state index >= 15 is 0 Å². The van der Waals surface area contributed by atoms with Gasteiger partial charge in [0.15, 0.2) is 0 Å². The largest absolute Gasteiger partial charge is 0.850 e. The normalized spacial score (nSPS) is 12.3. The lowest BCUT2D eigenvalue weighted by molar-refractivity contribution is -0.424. The third kappa shape index (κ3) is 6.11. The van der Waals surface area contributed by atoms with Gasteiger partial charge in [0.05, 0.1) is 70.3 Å². The van der Waals surface area contributed by atoms with E-state index in [0.717, 1.165) is 67.4 Å². The summed E-state index contributed by atoms with van der Waals surface area (Å²) in [5.41, 5.74) is 7.52. The molecule has 4 heterocycles. The molecule has 0 saturated carbocycles. The lowest BCUT2D eigenvalue weighted by atomic mass is 10.2. The first-order chi connectivity index (χ1) is 22.6. The summed E-state index contributed by atoms with van der Waals surface area (Å²) in [6.07, 6.45) is -0.928. The van der Waals surface area contributed by atoms with Crippen LogP contribution in [0, 0.1) is 0 Å². The standard InChI is InChI=1S/C35H33N10O/c46-23(17-44(19-32-36-24-9-1-2-10-25(24)37-32)20-33-38-26-11-3-4-12-27(26)39-33)18-45(21-34-40-28-13-5-6-14-29(28)41-34)22-35-42-30-15-7-8-16-31(30)43-35/h1-16,23H,17-22H2,(H,36,37)(H,38,39)(H,40,41)(H,42,43)/q-1. The van der Waals surface area contributed by atoms with Gasteiger partial charge in [-0.05, 0) is 61.6 Å². The highest BCUT2D eigenvalue weighted by atomic mass is 16.3. The Morgan fingerprint density at radius 2 is 0.696 bits per heavy atom. The first-order valence-corrected chi connectivity index (χ1v) is 15.5. The second-order valence-electron chi connectivity index (χ2n) is 11.8. The second kappa shape index (κ2) is 12.2. The van der Waals surface area contributed by atoms with E-state index in [9.17, 15) is 5.11 Å². The Kier molecular flexibility index (Phi) is 7.46. The minimum absolute atomic E-state index is 0.296. The zero-order valence-corrected chi connectivity index (χ0v) is 25.1. The molecule has 230 valence electrons. The molecule has 0 radical (unpaired) electrons. The summed E-state index contributed by atoms with van der Waals surface area (Å²) >= 11 is 0. The van der Waals surface area contributed by atoms with Gasteiger partial charge in [0.1, 0.15) is 23.3 Å². The highest BCUT2D eigenvalue weighted by Crippen LogP contribution is 2.18. The first kappa shape index (κ1) is 28.1. The molecule has 4 aromatic carbocycles. The summed E-state index contributed by atoms with van der Waals surface area (Å²) in [6, 6.07) is 31.9. The molecular formula is C35H33N10O-. The number of imidazole rings is 4. The Balaban J connectivity index is 1.05. The van der Waals surface area contributed by atoms with Gasteiger partial charge in [-0.3, -0.25) is 9.80 Å². The molecule has 0 aliphatic rings. The van der Waals surface area contributed by atoms with Crippen LogP contribution in [-0.4, -0.2) is 68.9 Å². The van der Waals surface area contributed by atoms with Gasteiger partial charge in [0, 0.05) is 0 Å². The van der Waals surface area contributed by atoms with E-state index in [2.05, 4.69) is 29.7 Å². The number of aromatic nitrogens is 8. The van der Waals surface area contributed by atoms with Crippen LogP contribution in [0.5, 0.6) is 0 Å². The fourth-order valence-corrected chi connectivity index (χ4v) is 6.17. The fourth-order valence-electron chi connectivity index (χ4n) is 6.17. The van der Waals surface area contributed by atoms with Crippen molar-refractivity contribution in [1.82, 2.24) is 49.7 Å². The van der Waals surface area contributed by atoms with Crippen molar-refractivity contribution in [3.63, 3.8) is 0 Å². The molecular weight excluding hydrogens is 576 g/mol. The van der Waals surface area contributed by atoms with Crippen molar-refractivity contribution in [3.8, 4) is 0 Å². The molecule has 0 atom stereocenters. The molecule has 0 aliphatic carbocycles. The lowest BCUT2D eigenvalue weighted by Gasteiger charge is -2.34. The van der Waals surface area contributed by atoms with E-state index in [1.165, 1.54) is 0 Å². The first-order valence-electron chi connectivity index (χ1n) is 15.5. The van der Waals surface area contributed by atoms with Crippen molar-refractivity contribution in [2.24, 2.45) is 0 Å². The number of para-hydroxylation sites is 8. The Hall–Kier alpha value is -5.36. The molecule has 0 saturated heterocycles. The quantitative estimate of drug-likeness (QED) is 0.158. The van der Waals surface area contributed by atoms with Gasteiger partial charge in [-0.2, -0.15) is 0 Å². The molecule has 0 aliphatic heterocycles. The van der Waals surface area contributed by atoms with Gasteiger partial charge >= 0.3 is 0 Å². The van der Waals surface area contributed by atoms with Crippen molar-refractivity contribution in [2.45, 2.75) is 32.3 Å². The molecule has 11 heteroatoms. The third-order valence-corrected chi connectivity index (χ3v) is 8.17.